The van der Waals surface area contributed by atoms with Gasteiger partial charge in [0.25, 0.3) is 0 Å². The topological polar surface area (TPSA) is 40.6 Å². The van der Waals surface area contributed by atoms with Crippen LogP contribution in [0.3, 0.4) is 0 Å². The van der Waals surface area contributed by atoms with Gasteiger partial charge in [-0.15, -0.1) is 11.3 Å². The highest BCUT2D eigenvalue weighted by Gasteiger charge is 2.35. The van der Waals surface area contributed by atoms with Gasteiger partial charge in [-0.2, -0.15) is 0 Å². The lowest BCUT2D eigenvalue weighted by atomic mass is 9.92. The van der Waals surface area contributed by atoms with E-state index in [0.717, 1.165) is 37.7 Å². The Balaban J connectivity index is 1.58. The molecule has 0 N–H and O–H groups in total. The smallest absolute Gasteiger partial charge is 0.242 e. The van der Waals surface area contributed by atoms with E-state index in [1.165, 1.54) is 16.0 Å². The van der Waals surface area contributed by atoms with Crippen molar-refractivity contribution < 1.29 is 9.59 Å². The van der Waals surface area contributed by atoms with Crippen LogP contribution in [0.15, 0.2) is 35.7 Å². The molecule has 2 amide bonds. The van der Waals surface area contributed by atoms with Crippen LogP contribution in [0.5, 0.6) is 0 Å². The number of fused-ring (bicyclic) bond motifs is 1. The van der Waals surface area contributed by atoms with Crippen molar-refractivity contribution in [2.45, 2.75) is 58.9 Å². The first-order chi connectivity index (χ1) is 14.9. The molecule has 1 saturated carbocycles. The Morgan fingerprint density at radius 3 is 2.52 bits per heavy atom. The van der Waals surface area contributed by atoms with Gasteiger partial charge in [-0.25, -0.2) is 0 Å². The van der Waals surface area contributed by atoms with E-state index in [9.17, 15) is 9.59 Å². The average Bonchev–Trinajstić information content (AvgIpc) is 3.44. The van der Waals surface area contributed by atoms with Crippen molar-refractivity contribution >= 4 is 23.2 Å². The molecule has 4 rings (SSSR count). The molecule has 31 heavy (non-hydrogen) atoms. The highest BCUT2D eigenvalue weighted by molar-refractivity contribution is 7.10. The van der Waals surface area contributed by atoms with E-state index in [4.69, 9.17) is 0 Å². The van der Waals surface area contributed by atoms with Crippen LogP contribution in [-0.2, 0) is 16.0 Å². The quantitative estimate of drug-likeness (QED) is 0.621. The highest BCUT2D eigenvalue weighted by Crippen LogP contribution is 2.38. The summed E-state index contributed by atoms with van der Waals surface area (Å²) in [6, 6.07) is 10.6. The second kappa shape index (κ2) is 9.56. The summed E-state index contributed by atoms with van der Waals surface area (Å²) >= 11 is 1.78. The number of benzene rings is 1. The summed E-state index contributed by atoms with van der Waals surface area (Å²) < 4.78 is 0. The summed E-state index contributed by atoms with van der Waals surface area (Å²) in [5.74, 6) is 0.689. The van der Waals surface area contributed by atoms with E-state index < -0.39 is 0 Å². The van der Waals surface area contributed by atoms with Crippen molar-refractivity contribution in [3.05, 3.63) is 57.3 Å². The molecule has 2 heterocycles. The van der Waals surface area contributed by atoms with Gasteiger partial charge in [0.1, 0.15) is 0 Å². The molecule has 166 valence electrons. The number of aryl methyl sites for hydroxylation is 1. The first-order valence-corrected chi connectivity index (χ1v) is 12.5. The van der Waals surface area contributed by atoms with Crippen molar-refractivity contribution in [1.29, 1.82) is 0 Å². The van der Waals surface area contributed by atoms with Crippen molar-refractivity contribution in [2.24, 2.45) is 11.8 Å². The number of hydrogen-bond acceptors (Lipinski definition) is 3. The van der Waals surface area contributed by atoms with Crippen molar-refractivity contribution in [3.8, 4) is 0 Å². The van der Waals surface area contributed by atoms with Gasteiger partial charge in [-0.1, -0.05) is 56.5 Å². The Hall–Kier alpha value is -2.14. The Kier molecular flexibility index (Phi) is 6.80. The van der Waals surface area contributed by atoms with Crippen LogP contribution in [0.25, 0.3) is 0 Å². The third-order valence-corrected chi connectivity index (χ3v) is 7.60. The maximum Gasteiger partial charge on any atom is 0.242 e. The predicted octanol–water partition coefficient (Wildman–Crippen LogP) is 5.21. The van der Waals surface area contributed by atoms with E-state index in [1.807, 2.05) is 9.80 Å². The summed E-state index contributed by atoms with van der Waals surface area (Å²) in [5.41, 5.74) is 3.61. The fourth-order valence-corrected chi connectivity index (χ4v) is 5.96. The standard InChI is InChI=1S/C26H34N2O2S/c1-18(2)16-27(26(30)21-6-4-5-7-21)17-24(29)28-14-12-23-22(13-15-31-23)25(28)20-10-8-19(3)9-11-20/h8-11,13,15,18,21,25H,4-7,12,14,16-17H2,1-3H3. The second-order valence-electron chi connectivity index (χ2n) is 9.54. The zero-order valence-corrected chi connectivity index (χ0v) is 19.8. The Morgan fingerprint density at radius 1 is 1.13 bits per heavy atom. The number of nitrogens with zero attached hydrogens (tertiary/aromatic N) is 2. The van der Waals surface area contributed by atoms with Crippen LogP contribution in [0.4, 0.5) is 0 Å². The molecule has 2 aromatic rings. The molecule has 0 saturated heterocycles. The SMILES string of the molecule is Cc1ccc(C2c3ccsc3CCN2C(=O)CN(CC(C)C)C(=O)C2CCCC2)cc1. The number of thiophene rings is 1. The summed E-state index contributed by atoms with van der Waals surface area (Å²) in [6.45, 7) is 7.86. The normalized spacial score (nSPS) is 19.0. The highest BCUT2D eigenvalue weighted by atomic mass is 32.1. The van der Waals surface area contributed by atoms with Gasteiger partial charge in [0.15, 0.2) is 0 Å². The van der Waals surface area contributed by atoms with Gasteiger partial charge in [0.2, 0.25) is 11.8 Å². The maximum atomic E-state index is 13.6. The zero-order chi connectivity index (χ0) is 22.0. The van der Waals surface area contributed by atoms with Crippen LogP contribution in [-0.4, -0.2) is 41.2 Å². The van der Waals surface area contributed by atoms with Gasteiger partial charge in [-0.05, 0) is 54.7 Å². The van der Waals surface area contributed by atoms with E-state index in [1.54, 1.807) is 11.3 Å². The third-order valence-electron chi connectivity index (χ3n) is 6.61. The molecule has 1 aromatic carbocycles. The number of amides is 2. The second-order valence-corrected chi connectivity index (χ2v) is 10.5. The van der Waals surface area contributed by atoms with Crippen molar-refractivity contribution in [1.82, 2.24) is 9.80 Å². The van der Waals surface area contributed by atoms with Crippen LogP contribution in [0.1, 0.15) is 67.1 Å². The molecule has 0 bridgehead atoms. The zero-order valence-electron chi connectivity index (χ0n) is 19.0. The Bertz CT molecular complexity index is 912. The number of carbonyl (C=O) groups is 2. The fourth-order valence-electron chi connectivity index (χ4n) is 5.05. The molecule has 1 atom stereocenters. The van der Waals surface area contributed by atoms with Crippen molar-refractivity contribution in [3.63, 3.8) is 0 Å². The fraction of sp³-hybridized carbons (Fsp3) is 0.538. The van der Waals surface area contributed by atoms with Crippen LogP contribution in [0.2, 0.25) is 0 Å². The number of carbonyl (C=O) groups excluding carboxylic acids is 2. The lowest BCUT2D eigenvalue weighted by Gasteiger charge is -2.38. The molecule has 0 spiro atoms. The number of hydrogen-bond donors (Lipinski definition) is 0. The molecule has 2 aliphatic rings. The first-order valence-electron chi connectivity index (χ1n) is 11.6. The third kappa shape index (κ3) is 4.87. The van der Waals surface area contributed by atoms with Gasteiger partial charge in [0.05, 0.1) is 12.6 Å². The summed E-state index contributed by atoms with van der Waals surface area (Å²) in [7, 11) is 0. The molecule has 1 aromatic heterocycles. The largest absolute Gasteiger partial charge is 0.333 e. The van der Waals surface area contributed by atoms with E-state index in [0.29, 0.717) is 19.0 Å². The van der Waals surface area contributed by atoms with Gasteiger partial charge in [-0.3, -0.25) is 9.59 Å². The molecule has 1 unspecified atom stereocenters. The van der Waals surface area contributed by atoms with Crippen LogP contribution in [0, 0.1) is 18.8 Å². The molecular formula is C26H34N2O2S. The summed E-state index contributed by atoms with van der Waals surface area (Å²) in [6.07, 6.45) is 5.08. The molecule has 1 aliphatic carbocycles. The molecule has 0 radical (unpaired) electrons. The minimum atomic E-state index is -0.0643. The Morgan fingerprint density at radius 2 is 1.84 bits per heavy atom. The first kappa shape index (κ1) is 22.1. The predicted molar refractivity (Wildman–Crippen MR) is 126 cm³/mol. The minimum Gasteiger partial charge on any atom is -0.333 e. The molecular weight excluding hydrogens is 404 g/mol. The molecule has 1 fully saturated rings. The molecule has 5 heteroatoms. The van der Waals surface area contributed by atoms with E-state index in [-0.39, 0.29) is 30.3 Å². The summed E-state index contributed by atoms with van der Waals surface area (Å²) in [4.78, 5) is 32.1. The monoisotopic (exact) mass is 438 g/mol. The van der Waals surface area contributed by atoms with Gasteiger partial charge < -0.3 is 9.80 Å². The minimum absolute atomic E-state index is 0.0643. The van der Waals surface area contributed by atoms with Crippen LogP contribution < -0.4 is 0 Å². The lowest BCUT2D eigenvalue weighted by Crippen LogP contribution is -2.48. The van der Waals surface area contributed by atoms with Gasteiger partial charge >= 0.3 is 0 Å². The lowest BCUT2D eigenvalue weighted by molar-refractivity contribution is -0.144. The number of rotatable bonds is 6. The van der Waals surface area contributed by atoms with E-state index in [2.05, 4.69) is 56.5 Å². The summed E-state index contributed by atoms with van der Waals surface area (Å²) in [5, 5.41) is 2.13. The van der Waals surface area contributed by atoms with Gasteiger partial charge in [0, 0.05) is 23.9 Å². The molecule has 4 nitrogen and oxygen atoms in total. The average molecular weight is 439 g/mol. The maximum absolute atomic E-state index is 13.6. The van der Waals surface area contributed by atoms with Crippen molar-refractivity contribution in [2.75, 3.05) is 19.6 Å². The Labute approximate surface area is 190 Å². The molecule has 1 aliphatic heterocycles. The van der Waals surface area contributed by atoms with E-state index >= 15 is 0 Å². The van der Waals surface area contributed by atoms with Crippen LogP contribution >= 0.6 is 11.3 Å².